The van der Waals surface area contributed by atoms with E-state index in [1.807, 2.05) is 61.6 Å². The molecule has 1 saturated heterocycles. The van der Waals surface area contributed by atoms with Crippen LogP contribution in [0.4, 0.5) is 5.69 Å². The molecule has 4 heteroatoms. The van der Waals surface area contributed by atoms with Crippen LogP contribution in [0.1, 0.15) is 31.6 Å². The van der Waals surface area contributed by atoms with Gasteiger partial charge in [-0.15, -0.1) is 23.5 Å². The summed E-state index contributed by atoms with van der Waals surface area (Å²) in [6.45, 7) is 4.07. The van der Waals surface area contributed by atoms with Crippen LogP contribution in [-0.2, 0) is 0 Å². The van der Waals surface area contributed by atoms with E-state index in [0.29, 0.717) is 10.1 Å². The highest BCUT2D eigenvalue weighted by atomic mass is 32.2. The van der Waals surface area contributed by atoms with Crippen molar-refractivity contribution in [2.45, 2.75) is 18.4 Å². The number of hydrogen-bond donors (Lipinski definition) is 1. The van der Waals surface area contributed by atoms with Gasteiger partial charge in [-0.2, -0.15) is 0 Å². The Morgan fingerprint density at radius 1 is 1.00 bits per heavy atom. The van der Waals surface area contributed by atoms with E-state index in [0.717, 1.165) is 16.8 Å². The minimum absolute atomic E-state index is 0.0525. The van der Waals surface area contributed by atoms with Gasteiger partial charge in [-0.25, -0.2) is 0 Å². The van der Waals surface area contributed by atoms with E-state index in [4.69, 9.17) is 0 Å². The topological polar surface area (TPSA) is 29.1 Å². The molecule has 3 rings (SSSR count). The molecule has 1 aliphatic heterocycles. The standard InChI is InChI=1S/C18H19NOS2/c1-12-9-13(2)11-16(10-12)19-17(20)14-3-5-15(6-4-14)18-21-7-8-22-18/h3-6,9-11,18H,7-8H2,1-2H3,(H,19,20). The average Bonchev–Trinajstić information content (AvgIpc) is 3.00. The van der Waals surface area contributed by atoms with Crippen molar-refractivity contribution in [3.05, 3.63) is 64.7 Å². The highest BCUT2D eigenvalue weighted by Crippen LogP contribution is 2.45. The first-order chi connectivity index (χ1) is 10.6. The van der Waals surface area contributed by atoms with Crippen LogP contribution in [0.15, 0.2) is 42.5 Å². The van der Waals surface area contributed by atoms with Crippen molar-refractivity contribution in [2.24, 2.45) is 0 Å². The molecule has 114 valence electrons. The molecule has 2 nitrogen and oxygen atoms in total. The number of anilines is 1. The molecule has 1 N–H and O–H groups in total. The van der Waals surface area contributed by atoms with Gasteiger partial charge < -0.3 is 5.32 Å². The number of benzene rings is 2. The average molecular weight is 329 g/mol. The Kier molecular flexibility index (Phi) is 4.79. The summed E-state index contributed by atoms with van der Waals surface area (Å²) in [6.07, 6.45) is 0. The highest BCUT2D eigenvalue weighted by Gasteiger charge is 2.18. The van der Waals surface area contributed by atoms with Crippen LogP contribution in [0.5, 0.6) is 0 Å². The molecule has 0 saturated carbocycles. The number of aryl methyl sites for hydroxylation is 2. The molecule has 2 aromatic carbocycles. The van der Waals surface area contributed by atoms with Gasteiger partial charge in [-0.3, -0.25) is 4.79 Å². The maximum atomic E-state index is 12.3. The number of hydrogen-bond acceptors (Lipinski definition) is 3. The maximum absolute atomic E-state index is 12.3. The van der Waals surface area contributed by atoms with E-state index in [-0.39, 0.29) is 5.91 Å². The van der Waals surface area contributed by atoms with Gasteiger partial charge in [0.25, 0.3) is 5.91 Å². The third kappa shape index (κ3) is 3.68. The second-order valence-electron chi connectivity index (χ2n) is 5.53. The monoisotopic (exact) mass is 329 g/mol. The van der Waals surface area contributed by atoms with Gasteiger partial charge in [0.15, 0.2) is 0 Å². The second kappa shape index (κ2) is 6.80. The Morgan fingerprint density at radius 2 is 1.59 bits per heavy atom. The number of carbonyl (C=O) groups excluding carboxylic acids is 1. The normalized spacial score (nSPS) is 15.0. The van der Waals surface area contributed by atoms with Crippen LogP contribution in [0.25, 0.3) is 0 Å². The summed E-state index contributed by atoms with van der Waals surface area (Å²) in [5.74, 6) is 2.37. The smallest absolute Gasteiger partial charge is 0.255 e. The Hall–Kier alpha value is -1.39. The fourth-order valence-corrected chi connectivity index (χ4v) is 5.45. The summed E-state index contributed by atoms with van der Waals surface area (Å²) in [7, 11) is 0. The van der Waals surface area contributed by atoms with E-state index in [1.165, 1.54) is 17.1 Å². The fraction of sp³-hybridized carbons (Fsp3) is 0.278. The lowest BCUT2D eigenvalue weighted by Gasteiger charge is -2.10. The van der Waals surface area contributed by atoms with Gasteiger partial charge in [0.2, 0.25) is 0 Å². The lowest BCUT2D eigenvalue weighted by atomic mass is 10.1. The lowest BCUT2D eigenvalue weighted by molar-refractivity contribution is 0.102. The van der Waals surface area contributed by atoms with E-state index < -0.39 is 0 Å². The molecule has 0 atom stereocenters. The van der Waals surface area contributed by atoms with Gasteiger partial charge in [-0.05, 0) is 54.8 Å². The number of thioether (sulfide) groups is 2. The zero-order valence-corrected chi connectivity index (χ0v) is 14.4. The van der Waals surface area contributed by atoms with Crippen molar-refractivity contribution < 1.29 is 4.79 Å². The summed E-state index contributed by atoms with van der Waals surface area (Å²) >= 11 is 3.96. The number of nitrogens with one attached hydrogen (secondary N) is 1. The molecule has 0 aliphatic carbocycles. The van der Waals surface area contributed by atoms with Crippen molar-refractivity contribution in [3.8, 4) is 0 Å². The molecule has 1 fully saturated rings. The zero-order chi connectivity index (χ0) is 15.5. The Morgan fingerprint density at radius 3 is 2.18 bits per heavy atom. The van der Waals surface area contributed by atoms with E-state index >= 15 is 0 Å². The molecule has 0 unspecified atom stereocenters. The molecule has 0 radical (unpaired) electrons. The number of carbonyl (C=O) groups is 1. The zero-order valence-electron chi connectivity index (χ0n) is 12.8. The van der Waals surface area contributed by atoms with Crippen molar-refractivity contribution in [3.63, 3.8) is 0 Å². The second-order valence-corrected chi connectivity index (χ2v) is 8.25. The number of amides is 1. The highest BCUT2D eigenvalue weighted by molar-refractivity contribution is 8.19. The first-order valence-electron chi connectivity index (χ1n) is 7.34. The summed E-state index contributed by atoms with van der Waals surface area (Å²) in [5.41, 5.74) is 5.17. The fourth-order valence-electron chi connectivity index (χ4n) is 2.59. The third-order valence-electron chi connectivity index (χ3n) is 3.55. The van der Waals surface area contributed by atoms with Gasteiger partial charge >= 0.3 is 0 Å². The van der Waals surface area contributed by atoms with Crippen LogP contribution in [0, 0.1) is 13.8 Å². The van der Waals surface area contributed by atoms with Gasteiger partial charge in [-0.1, -0.05) is 18.2 Å². The maximum Gasteiger partial charge on any atom is 0.255 e. The summed E-state index contributed by atoms with van der Waals surface area (Å²) < 4.78 is 0.525. The quantitative estimate of drug-likeness (QED) is 0.856. The van der Waals surface area contributed by atoms with Crippen molar-refractivity contribution in [1.82, 2.24) is 0 Å². The minimum atomic E-state index is -0.0525. The molecule has 0 aromatic heterocycles. The third-order valence-corrected chi connectivity index (χ3v) is 6.65. The Bertz CT molecular complexity index is 656. The first kappa shape index (κ1) is 15.5. The van der Waals surface area contributed by atoms with Gasteiger partial charge in [0.1, 0.15) is 0 Å². The number of rotatable bonds is 3. The van der Waals surface area contributed by atoms with Crippen molar-refractivity contribution >= 4 is 35.1 Å². The van der Waals surface area contributed by atoms with Gasteiger partial charge in [0.05, 0.1) is 4.58 Å². The van der Waals surface area contributed by atoms with Gasteiger partial charge in [0, 0.05) is 22.8 Å². The molecule has 0 bridgehead atoms. The summed E-state index contributed by atoms with van der Waals surface area (Å²) in [5, 5.41) is 2.98. The molecule has 0 spiro atoms. The molecule has 1 aliphatic rings. The van der Waals surface area contributed by atoms with Crippen LogP contribution in [0.3, 0.4) is 0 Å². The Balaban J connectivity index is 1.71. The molecule has 2 aromatic rings. The SMILES string of the molecule is Cc1cc(C)cc(NC(=O)c2ccc(C3SCCS3)cc2)c1. The van der Waals surface area contributed by atoms with Crippen molar-refractivity contribution in [1.29, 1.82) is 0 Å². The predicted octanol–water partition coefficient (Wildman–Crippen LogP) is 5.03. The summed E-state index contributed by atoms with van der Waals surface area (Å²) in [6, 6.07) is 14.1. The van der Waals surface area contributed by atoms with E-state index in [2.05, 4.69) is 23.5 Å². The van der Waals surface area contributed by atoms with Crippen LogP contribution in [0.2, 0.25) is 0 Å². The van der Waals surface area contributed by atoms with Crippen LogP contribution >= 0.6 is 23.5 Å². The Labute approximate surface area is 140 Å². The van der Waals surface area contributed by atoms with Crippen molar-refractivity contribution in [2.75, 3.05) is 16.8 Å². The minimum Gasteiger partial charge on any atom is -0.322 e. The van der Waals surface area contributed by atoms with Crippen LogP contribution in [-0.4, -0.2) is 17.4 Å². The molecule has 1 heterocycles. The largest absolute Gasteiger partial charge is 0.322 e. The molecule has 22 heavy (non-hydrogen) atoms. The molecular weight excluding hydrogens is 310 g/mol. The van der Waals surface area contributed by atoms with E-state index in [9.17, 15) is 4.79 Å². The molecular formula is C18H19NOS2. The van der Waals surface area contributed by atoms with Crippen LogP contribution < -0.4 is 5.32 Å². The summed E-state index contributed by atoms with van der Waals surface area (Å²) in [4.78, 5) is 12.3. The predicted molar refractivity (Wildman–Crippen MR) is 98.0 cm³/mol. The first-order valence-corrected chi connectivity index (χ1v) is 9.44. The lowest BCUT2D eigenvalue weighted by Crippen LogP contribution is -2.12. The van der Waals surface area contributed by atoms with E-state index in [1.54, 1.807) is 0 Å². The molecule has 1 amide bonds.